The van der Waals surface area contributed by atoms with Crippen LogP contribution in [0.2, 0.25) is 0 Å². The highest BCUT2D eigenvalue weighted by Crippen LogP contribution is 2.31. The van der Waals surface area contributed by atoms with Crippen molar-refractivity contribution in [2.24, 2.45) is 0 Å². The molecule has 6 nitrogen and oxygen atoms in total. The Morgan fingerprint density at radius 1 is 0.969 bits per heavy atom. The second-order valence-corrected chi connectivity index (χ2v) is 7.69. The fourth-order valence-electron chi connectivity index (χ4n) is 3.92. The minimum atomic E-state index is -0.448. The van der Waals surface area contributed by atoms with Crippen LogP contribution in [0.1, 0.15) is 34.0 Å². The summed E-state index contributed by atoms with van der Waals surface area (Å²) in [6, 6.07) is 20.4. The number of benzene rings is 3. The van der Waals surface area contributed by atoms with Gasteiger partial charge >= 0.3 is 0 Å². The van der Waals surface area contributed by atoms with E-state index in [2.05, 4.69) is 24.4 Å². The molecule has 0 radical (unpaired) electrons. The number of para-hydroxylation sites is 1. The first kappa shape index (κ1) is 21.2. The van der Waals surface area contributed by atoms with Crippen LogP contribution in [0, 0.1) is 24.0 Å². The molecule has 3 aromatic carbocycles. The second kappa shape index (κ2) is 8.59. The van der Waals surface area contributed by atoms with Crippen LogP contribution in [0.4, 0.5) is 11.4 Å². The van der Waals surface area contributed by atoms with Crippen molar-refractivity contribution in [1.29, 1.82) is 0 Å². The van der Waals surface area contributed by atoms with Crippen LogP contribution in [-0.4, -0.2) is 15.8 Å². The number of rotatable bonds is 5. The third-order valence-corrected chi connectivity index (χ3v) is 5.75. The minimum Gasteiger partial charge on any atom is -0.321 e. The van der Waals surface area contributed by atoms with Gasteiger partial charge < -0.3 is 5.32 Å². The van der Waals surface area contributed by atoms with Crippen LogP contribution in [0.25, 0.3) is 22.2 Å². The van der Waals surface area contributed by atoms with Crippen LogP contribution in [0.3, 0.4) is 0 Å². The molecule has 1 N–H and O–H groups in total. The first-order valence-corrected chi connectivity index (χ1v) is 10.4. The van der Waals surface area contributed by atoms with Crippen molar-refractivity contribution < 1.29 is 9.72 Å². The van der Waals surface area contributed by atoms with Gasteiger partial charge in [-0.2, -0.15) is 0 Å². The average Bonchev–Trinajstić information content (AvgIpc) is 2.79. The molecular weight excluding hydrogens is 402 g/mol. The lowest BCUT2D eigenvalue weighted by Gasteiger charge is -2.16. The number of aromatic nitrogens is 1. The van der Waals surface area contributed by atoms with Crippen LogP contribution >= 0.6 is 0 Å². The number of nitro groups is 1. The predicted octanol–water partition coefficient (Wildman–Crippen LogP) is 6.24. The maximum atomic E-state index is 13.5. The van der Waals surface area contributed by atoms with Gasteiger partial charge in [0.1, 0.15) is 0 Å². The molecule has 0 saturated heterocycles. The first-order valence-electron chi connectivity index (χ1n) is 10.4. The average molecular weight is 425 g/mol. The van der Waals surface area contributed by atoms with E-state index in [0.29, 0.717) is 22.3 Å². The molecule has 0 spiro atoms. The molecule has 6 heteroatoms. The molecule has 0 fully saturated rings. The van der Waals surface area contributed by atoms with Gasteiger partial charge in [-0.1, -0.05) is 55.5 Å². The van der Waals surface area contributed by atoms with E-state index in [1.54, 1.807) is 19.1 Å². The Labute approximate surface area is 186 Å². The van der Waals surface area contributed by atoms with Gasteiger partial charge in [-0.25, -0.2) is 4.98 Å². The Morgan fingerprint density at radius 3 is 2.38 bits per heavy atom. The zero-order valence-electron chi connectivity index (χ0n) is 18.2. The molecule has 4 aromatic rings. The fourth-order valence-corrected chi connectivity index (χ4v) is 3.92. The van der Waals surface area contributed by atoms with Gasteiger partial charge in [0.05, 0.1) is 32.9 Å². The van der Waals surface area contributed by atoms with E-state index in [9.17, 15) is 14.9 Å². The van der Waals surface area contributed by atoms with Crippen molar-refractivity contribution in [3.63, 3.8) is 0 Å². The minimum absolute atomic E-state index is 0.0317. The van der Waals surface area contributed by atoms with Crippen LogP contribution in [0.15, 0.2) is 66.7 Å². The molecule has 0 unspecified atom stereocenters. The molecule has 0 aliphatic heterocycles. The van der Waals surface area contributed by atoms with E-state index in [4.69, 9.17) is 4.98 Å². The molecule has 1 aromatic heterocycles. The third kappa shape index (κ3) is 3.83. The molecule has 160 valence electrons. The van der Waals surface area contributed by atoms with Crippen molar-refractivity contribution in [1.82, 2.24) is 4.98 Å². The van der Waals surface area contributed by atoms with Gasteiger partial charge in [-0.05, 0) is 43.5 Å². The summed E-state index contributed by atoms with van der Waals surface area (Å²) in [7, 11) is 0. The Kier molecular flexibility index (Phi) is 5.69. The van der Waals surface area contributed by atoms with Gasteiger partial charge in [0.2, 0.25) is 0 Å². The van der Waals surface area contributed by atoms with E-state index < -0.39 is 4.92 Å². The summed E-state index contributed by atoms with van der Waals surface area (Å²) in [5, 5.41) is 14.9. The summed E-state index contributed by atoms with van der Waals surface area (Å²) >= 11 is 0. The molecule has 4 rings (SSSR count). The van der Waals surface area contributed by atoms with E-state index in [0.717, 1.165) is 28.6 Å². The van der Waals surface area contributed by atoms with E-state index in [1.807, 2.05) is 43.3 Å². The zero-order valence-corrected chi connectivity index (χ0v) is 18.2. The lowest BCUT2D eigenvalue weighted by Crippen LogP contribution is -2.16. The molecule has 1 amide bonds. The van der Waals surface area contributed by atoms with Crippen molar-refractivity contribution in [2.75, 3.05) is 5.32 Å². The Bertz CT molecular complexity index is 1340. The Balaban J connectivity index is 1.84. The molecule has 0 aliphatic rings. The highest BCUT2D eigenvalue weighted by atomic mass is 16.6. The number of nitro benzene ring substituents is 1. The van der Waals surface area contributed by atoms with Crippen molar-refractivity contribution in [2.45, 2.75) is 27.2 Å². The summed E-state index contributed by atoms with van der Waals surface area (Å²) < 4.78 is 0. The first-order chi connectivity index (χ1) is 15.4. The number of nitrogens with one attached hydrogen (secondary N) is 1. The second-order valence-electron chi connectivity index (χ2n) is 7.69. The lowest BCUT2D eigenvalue weighted by atomic mass is 9.96. The molecule has 0 aliphatic carbocycles. The SMILES string of the molecule is CCc1ccc(-c2nc3ccccc3c(C(=O)Nc3cccc([N+](=O)[O-])c3C)c2C)cc1. The van der Waals surface area contributed by atoms with Crippen LogP contribution in [0.5, 0.6) is 0 Å². The normalized spacial score (nSPS) is 10.8. The highest BCUT2D eigenvalue weighted by Gasteiger charge is 2.21. The monoisotopic (exact) mass is 425 g/mol. The third-order valence-electron chi connectivity index (χ3n) is 5.75. The van der Waals surface area contributed by atoms with Crippen molar-refractivity contribution in [3.8, 4) is 11.3 Å². The number of hydrogen-bond donors (Lipinski definition) is 1. The number of aryl methyl sites for hydroxylation is 1. The number of pyridine rings is 1. The largest absolute Gasteiger partial charge is 0.321 e. The van der Waals surface area contributed by atoms with Gasteiger partial charge in [0.25, 0.3) is 11.6 Å². The van der Waals surface area contributed by atoms with Crippen molar-refractivity contribution >= 4 is 28.2 Å². The summed E-state index contributed by atoms with van der Waals surface area (Å²) in [6.45, 7) is 5.62. The summed E-state index contributed by atoms with van der Waals surface area (Å²) in [6.07, 6.45) is 0.945. The predicted molar refractivity (Wildman–Crippen MR) is 127 cm³/mol. The van der Waals surface area contributed by atoms with Gasteiger partial charge in [0.15, 0.2) is 0 Å². The molecular formula is C26H23N3O3. The van der Waals surface area contributed by atoms with E-state index >= 15 is 0 Å². The lowest BCUT2D eigenvalue weighted by molar-refractivity contribution is -0.385. The van der Waals surface area contributed by atoms with Gasteiger partial charge in [0, 0.05) is 17.0 Å². The molecule has 0 atom stereocenters. The van der Waals surface area contributed by atoms with E-state index in [-0.39, 0.29) is 11.6 Å². The maximum absolute atomic E-state index is 13.5. The standard InChI is InChI=1S/C26H23N3O3/c1-4-18-12-14-19(15-13-18)25-17(3)24(20-8-5-6-9-22(20)27-25)26(30)28-21-10-7-11-23(16(21)2)29(31)32/h5-15H,4H2,1-3H3,(H,28,30). The number of hydrogen-bond acceptors (Lipinski definition) is 4. The molecule has 0 saturated carbocycles. The molecule has 0 bridgehead atoms. The van der Waals surface area contributed by atoms with Gasteiger partial charge in [-0.3, -0.25) is 14.9 Å². The number of nitrogens with zero attached hydrogens (tertiary/aromatic N) is 2. The topological polar surface area (TPSA) is 85.1 Å². The summed E-state index contributed by atoms with van der Waals surface area (Å²) in [4.78, 5) is 29.1. The Morgan fingerprint density at radius 2 is 1.69 bits per heavy atom. The van der Waals surface area contributed by atoms with Crippen LogP contribution < -0.4 is 5.32 Å². The molecule has 1 heterocycles. The number of amides is 1. The fraction of sp³-hybridized carbons (Fsp3) is 0.154. The highest BCUT2D eigenvalue weighted by molar-refractivity contribution is 6.14. The zero-order chi connectivity index (χ0) is 22.8. The smallest absolute Gasteiger partial charge is 0.274 e. The number of carbonyl (C=O) groups is 1. The number of fused-ring (bicyclic) bond motifs is 1. The van der Waals surface area contributed by atoms with Gasteiger partial charge in [-0.15, -0.1) is 0 Å². The quantitative estimate of drug-likeness (QED) is 0.303. The maximum Gasteiger partial charge on any atom is 0.274 e. The van der Waals surface area contributed by atoms with Crippen molar-refractivity contribution in [3.05, 3.63) is 99.1 Å². The summed E-state index contributed by atoms with van der Waals surface area (Å²) in [5.41, 5.74) is 5.69. The number of carbonyl (C=O) groups excluding carboxylic acids is 1. The number of anilines is 1. The van der Waals surface area contributed by atoms with E-state index in [1.165, 1.54) is 11.6 Å². The molecule has 32 heavy (non-hydrogen) atoms. The summed E-state index contributed by atoms with van der Waals surface area (Å²) in [5.74, 6) is -0.323. The Hall–Kier alpha value is -4.06. The van der Waals surface area contributed by atoms with Crippen LogP contribution in [-0.2, 0) is 6.42 Å².